The third-order valence-corrected chi connectivity index (χ3v) is 2.16. The van der Waals surface area contributed by atoms with Crippen LogP contribution in [0.2, 0.25) is 0 Å². The summed E-state index contributed by atoms with van der Waals surface area (Å²) in [6, 6.07) is 6.71. The SMILES string of the molecule is O=C(CC(F)(F)F)NCc1ccccc1C#CCO. The lowest BCUT2D eigenvalue weighted by atomic mass is 10.1. The van der Waals surface area contributed by atoms with Crippen molar-refractivity contribution in [3.8, 4) is 11.8 Å². The summed E-state index contributed by atoms with van der Waals surface area (Å²) in [5.74, 6) is 4.02. The summed E-state index contributed by atoms with van der Waals surface area (Å²) < 4.78 is 35.9. The van der Waals surface area contributed by atoms with E-state index in [0.29, 0.717) is 11.1 Å². The summed E-state index contributed by atoms with van der Waals surface area (Å²) in [6.45, 7) is -0.347. The molecule has 0 radical (unpaired) electrons. The van der Waals surface area contributed by atoms with E-state index in [1.54, 1.807) is 24.3 Å². The lowest BCUT2D eigenvalue weighted by Crippen LogP contribution is -2.28. The first-order valence-electron chi connectivity index (χ1n) is 5.43. The molecule has 0 saturated carbocycles. The number of carbonyl (C=O) groups is 1. The first-order chi connectivity index (χ1) is 8.92. The average molecular weight is 271 g/mol. The van der Waals surface area contributed by atoms with Gasteiger partial charge in [-0.3, -0.25) is 4.79 Å². The molecule has 0 aliphatic rings. The lowest BCUT2D eigenvalue weighted by Gasteiger charge is -2.09. The zero-order valence-corrected chi connectivity index (χ0v) is 9.92. The zero-order valence-electron chi connectivity index (χ0n) is 9.92. The number of amides is 1. The fraction of sp³-hybridized carbons (Fsp3) is 0.308. The van der Waals surface area contributed by atoms with Gasteiger partial charge in [-0.1, -0.05) is 30.0 Å². The van der Waals surface area contributed by atoms with Crippen LogP contribution >= 0.6 is 0 Å². The van der Waals surface area contributed by atoms with Crippen molar-refractivity contribution in [3.63, 3.8) is 0 Å². The van der Waals surface area contributed by atoms with Crippen LogP contribution in [-0.4, -0.2) is 23.8 Å². The number of hydrogen-bond donors (Lipinski definition) is 2. The van der Waals surface area contributed by atoms with Gasteiger partial charge in [0.15, 0.2) is 0 Å². The van der Waals surface area contributed by atoms with Gasteiger partial charge in [-0.25, -0.2) is 0 Å². The minimum Gasteiger partial charge on any atom is -0.384 e. The van der Waals surface area contributed by atoms with Crippen LogP contribution in [0.1, 0.15) is 17.5 Å². The third-order valence-electron chi connectivity index (χ3n) is 2.16. The molecule has 1 aromatic carbocycles. The quantitative estimate of drug-likeness (QED) is 0.820. The van der Waals surface area contributed by atoms with Crippen LogP contribution in [0.5, 0.6) is 0 Å². The standard InChI is InChI=1S/C13H12F3NO2/c14-13(15,16)8-12(19)17-9-11-5-2-1-4-10(11)6-3-7-18/h1-2,4-5,18H,7-9H2,(H,17,19). The molecular weight excluding hydrogens is 259 g/mol. The van der Waals surface area contributed by atoms with Crippen molar-refractivity contribution in [2.75, 3.05) is 6.61 Å². The van der Waals surface area contributed by atoms with Gasteiger partial charge < -0.3 is 10.4 Å². The second-order valence-corrected chi connectivity index (χ2v) is 3.69. The van der Waals surface area contributed by atoms with E-state index in [1.807, 2.05) is 0 Å². The van der Waals surface area contributed by atoms with Crippen LogP contribution in [0.3, 0.4) is 0 Å². The summed E-state index contributed by atoms with van der Waals surface area (Å²) in [7, 11) is 0. The minimum atomic E-state index is -4.51. The van der Waals surface area contributed by atoms with Gasteiger partial charge >= 0.3 is 6.18 Å². The van der Waals surface area contributed by atoms with Gasteiger partial charge in [-0.2, -0.15) is 13.2 Å². The first-order valence-corrected chi connectivity index (χ1v) is 5.43. The number of carbonyl (C=O) groups excluding carboxylic acids is 1. The van der Waals surface area contributed by atoms with E-state index >= 15 is 0 Å². The summed E-state index contributed by atoms with van der Waals surface area (Å²) in [4.78, 5) is 11.1. The highest BCUT2D eigenvalue weighted by Crippen LogP contribution is 2.19. The topological polar surface area (TPSA) is 49.3 Å². The third kappa shape index (κ3) is 5.93. The van der Waals surface area contributed by atoms with Gasteiger partial charge in [0.05, 0.1) is 0 Å². The van der Waals surface area contributed by atoms with Crippen LogP contribution < -0.4 is 5.32 Å². The molecule has 1 amide bonds. The Kier molecular flexibility index (Phi) is 5.39. The Labute approximate surface area is 108 Å². The summed E-state index contributed by atoms with van der Waals surface area (Å²) in [5, 5.41) is 10.8. The van der Waals surface area contributed by atoms with Crippen molar-refractivity contribution in [1.82, 2.24) is 5.32 Å². The molecule has 2 N–H and O–H groups in total. The Balaban J connectivity index is 2.65. The van der Waals surface area contributed by atoms with E-state index in [1.165, 1.54) is 0 Å². The molecule has 0 aliphatic heterocycles. The molecule has 0 heterocycles. The number of halogens is 3. The maximum absolute atomic E-state index is 12.0. The highest BCUT2D eigenvalue weighted by molar-refractivity contribution is 5.76. The molecule has 1 rings (SSSR count). The fourth-order valence-electron chi connectivity index (χ4n) is 1.37. The van der Waals surface area contributed by atoms with Gasteiger partial charge in [0.25, 0.3) is 0 Å². The zero-order chi connectivity index (χ0) is 14.3. The first kappa shape index (κ1) is 15.1. The molecule has 0 bridgehead atoms. The predicted octanol–water partition coefficient (Wildman–Crippen LogP) is 1.60. The van der Waals surface area contributed by atoms with Gasteiger partial charge in [0.2, 0.25) is 5.91 Å². The van der Waals surface area contributed by atoms with Crippen LogP contribution in [0.25, 0.3) is 0 Å². The van der Waals surface area contributed by atoms with E-state index in [0.717, 1.165) is 0 Å². The normalized spacial score (nSPS) is 10.5. The Morgan fingerprint density at radius 3 is 2.63 bits per heavy atom. The smallest absolute Gasteiger partial charge is 0.384 e. The molecule has 1 aromatic rings. The molecule has 0 unspecified atom stereocenters. The van der Waals surface area contributed by atoms with Crippen LogP contribution in [-0.2, 0) is 11.3 Å². The fourth-order valence-corrected chi connectivity index (χ4v) is 1.37. The second-order valence-electron chi connectivity index (χ2n) is 3.69. The molecule has 0 aliphatic carbocycles. The predicted molar refractivity (Wildman–Crippen MR) is 62.9 cm³/mol. The molecular formula is C13H12F3NO2. The molecule has 0 spiro atoms. The Morgan fingerprint density at radius 1 is 1.32 bits per heavy atom. The van der Waals surface area contributed by atoms with Gasteiger partial charge in [0.1, 0.15) is 13.0 Å². The largest absolute Gasteiger partial charge is 0.397 e. The minimum absolute atomic E-state index is 0.0365. The Hall–Kier alpha value is -2.00. The summed E-state index contributed by atoms with van der Waals surface area (Å²) in [6.07, 6.45) is -6.02. The van der Waals surface area contributed by atoms with Gasteiger partial charge in [-0.15, -0.1) is 0 Å². The van der Waals surface area contributed by atoms with E-state index in [9.17, 15) is 18.0 Å². The summed E-state index contributed by atoms with van der Waals surface area (Å²) in [5.41, 5.74) is 1.16. The number of rotatable bonds is 3. The highest BCUT2D eigenvalue weighted by atomic mass is 19.4. The number of hydrogen-bond acceptors (Lipinski definition) is 2. The van der Waals surface area contributed by atoms with Gasteiger partial charge in [0, 0.05) is 12.1 Å². The average Bonchev–Trinajstić information content (AvgIpc) is 2.32. The number of alkyl halides is 3. The number of benzene rings is 1. The van der Waals surface area contributed by atoms with E-state index in [4.69, 9.17) is 5.11 Å². The van der Waals surface area contributed by atoms with Crippen LogP contribution in [0.15, 0.2) is 24.3 Å². The number of aliphatic hydroxyl groups is 1. The van der Waals surface area contributed by atoms with Crippen molar-refractivity contribution >= 4 is 5.91 Å². The molecule has 3 nitrogen and oxygen atoms in total. The molecule has 102 valence electrons. The Bertz CT molecular complexity index is 501. The van der Waals surface area contributed by atoms with Gasteiger partial charge in [-0.05, 0) is 11.6 Å². The van der Waals surface area contributed by atoms with Crippen LogP contribution in [0.4, 0.5) is 13.2 Å². The second kappa shape index (κ2) is 6.81. The Morgan fingerprint density at radius 2 is 2.00 bits per heavy atom. The van der Waals surface area contributed by atoms with Crippen molar-refractivity contribution in [3.05, 3.63) is 35.4 Å². The molecule has 0 aromatic heterocycles. The van der Waals surface area contributed by atoms with Crippen molar-refractivity contribution in [2.24, 2.45) is 0 Å². The molecule has 6 heteroatoms. The van der Waals surface area contributed by atoms with Crippen molar-refractivity contribution in [2.45, 2.75) is 19.1 Å². The van der Waals surface area contributed by atoms with Crippen molar-refractivity contribution in [1.29, 1.82) is 0 Å². The monoisotopic (exact) mass is 271 g/mol. The lowest BCUT2D eigenvalue weighted by molar-refractivity contribution is -0.153. The molecule has 0 saturated heterocycles. The number of nitrogens with one attached hydrogen (secondary N) is 1. The maximum atomic E-state index is 12.0. The number of aliphatic hydroxyl groups excluding tert-OH is 1. The maximum Gasteiger partial charge on any atom is 0.397 e. The van der Waals surface area contributed by atoms with E-state index < -0.39 is 18.5 Å². The molecule has 0 fully saturated rings. The van der Waals surface area contributed by atoms with Crippen molar-refractivity contribution < 1.29 is 23.1 Å². The van der Waals surface area contributed by atoms with E-state index in [-0.39, 0.29) is 13.2 Å². The highest BCUT2D eigenvalue weighted by Gasteiger charge is 2.30. The van der Waals surface area contributed by atoms with E-state index in [2.05, 4.69) is 17.2 Å². The summed E-state index contributed by atoms with van der Waals surface area (Å²) >= 11 is 0. The molecule has 0 atom stereocenters. The molecule has 19 heavy (non-hydrogen) atoms. The van der Waals surface area contributed by atoms with Crippen LogP contribution in [0, 0.1) is 11.8 Å².